The van der Waals surface area contributed by atoms with Crippen LogP contribution in [0.2, 0.25) is 5.02 Å². The lowest BCUT2D eigenvalue weighted by Crippen LogP contribution is -2.43. The number of aromatic nitrogens is 6. The van der Waals surface area contributed by atoms with E-state index in [9.17, 15) is 31.9 Å². The Labute approximate surface area is 340 Å². The monoisotopic (exact) mass is 834 g/mol. The second-order valence-electron chi connectivity index (χ2n) is 14.8. The summed E-state index contributed by atoms with van der Waals surface area (Å²) in [5.41, 5.74) is 0.311. The second kappa shape index (κ2) is 16.4. The fourth-order valence-electron chi connectivity index (χ4n) is 7.29. The molecule has 2 amide bonds. The smallest absolute Gasteiger partial charge is 0.419 e. The highest BCUT2D eigenvalue weighted by Crippen LogP contribution is 2.38. The van der Waals surface area contributed by atoms with Crippen molar-refractivity contribution in [2.24, 2.45) is 0 Å². The van der Waals surface area contributed by atoms with Crippen molar-refractivity contribution in [2.75, 3.05) is 25.1 Å². The Morgan fingerprint density at radius 1 is 1.14 bits per heavy atom. The number of carbonyl (C=O) groups excluding carboxylic acids is 2. The van der Waals surface area contributed by atoms with Crippen LogP contribution in [0, 0.1) is 12.7 Å². The standard InChI is InChI=1S/C41H39ClF4N8O5/c1-5-32-27(15-25-18-40(3,4)53(19-25)38(57)34-35(23(2)47-22-48-34)59-21-24-9-7-6-8-10-24)37(56)54-39(50-36(51-54)26-11-13-58-14-12-26)52(32)20-33(55)49-31-17-30(43)28(16-29(31)42)41(44,45)46/h6-11,15-17,22H,5,12-14,18-21H2,1-4H3,(H,49,55)/b25-15+. The number of hydrogen-bond donors (Lipinski definition) is 1. The Balaban J connectivity index is 1.25. The number of amides is 2. The molecule has 1 N–H and O–H groups in total. The Kier molecular flexibility index (Phi) is 11.4. The van der Waals surface area contributed by atoms with Gasteiger partial charge in [-0.05, 0) is 75.0 Å². The van der Waals surface area contributed by atoms with Gasteiger partial charge in [0.05, 0.1) is 40.7 Å². The summed E-state index contributed by atoms with van der Waals surface area (Å²) in [5.74, 6) is -2.25. The average Bonchev–Trinajstić information content (AvgIpc) is 3.78. The highest BCUT2D eigenvalue weighted by Gasteiger charge is 2.41. The number of nitrogens with zero attached hydrogens (tertiary/aromatic N) is 7. The minimum Gasteiger partial charge on any atom is -0.485 e. The summed E-state index contributed by atoms with van der Waals surface area (Å²) >= 11 is 6.07. The van der Waals surface area contributed by atoms with Crippen molar-refractivity contribution in [3.8, 4) is 5.75 Å². The van der Waals surface area contributed by atoms with Crippen LogP contribution in [0.4, 0.5) is 23.2 Å². The molecule has 308 valence electrons. The molecule has 1 saturated heterocycles. The number of ether oxygens (including phenoxy) is 2. The fraction of sp³-hybridized carbons (Fsp3) is 0.341. The molecule has 1 fully saturated rings. The molecule has 0 unspecified atom stereocenters. The maximum absolute atomic E-state index is 14.5. The summed E-state index contributed by atoms with van der Waals surface area (Å²) in [6.45, 7) is 7.87. The number of rotatable bonds is 10. The van der Waals surface area contributed by atoms with Crippen LogP contribution in [0.3, 0.4) is 0 Å². The van der Waals surface area contributed by atoms with E-state index in [2.05, 4.69) is 25.4 Å². The van der Waals surface area contributed by atoms with Crippen LogP contribution in [0.15, 0.2) is 65.2 Å². The Morgan fingerprint density at radius 3 is 2.59 bits per heavy atom. The van der Waals surface area contributed by atoms with E-state index in [1.807, 2.05) is 44.2 Å². The van der Waals surface area contributed by atoms with Crippen LogP contribution in [0.1, 0.15) is 78.0 Å². The molecule has 59 heavy (non-hydrogen) atoms. The van der Waals surface area contributed by atoms with Crippen LogP contribution in [0.5, 0.6) is 5.75 Å². The van der Waals surface area contributed by atoms with Crippen LogP contribution >= 0.6 is 11.6 Å². The second-order valence-corrected chi connectivity index (χ2v) is 15.2. The number of anilines is 1. The van der Waals surface area contributed by atoms with Gasteiger partial charge in [0.1, 0.15) is 25.3 Å². The zero-order valence-corrected chi connectivity index (χ0v) is 33.2. The van der Waals surface area contributed by atoms with E-state index in [0.717, 1.165) is 21.2 Å². The lowest BCUT2D eigenvalue weighted by atomic mass is 9.98. The topological polar surface area (TPSA) is 146 Å². The van der Waals surface area contributed by atoms with Gasteiger partial charge in [0, 0.05) is 17.8 Å². The van der Waals surface area contributed by atoms with Crippen molar-refractivity contribution >= 4 is 46.5 Å². The number of benzene rings is 2. The van der Waals surface area contributed by atoms with E-state index in [4.69, 9.17) is 21.1 Å². The van der Waals surface area contributed by atoms with E-state index in [0.29, 0.717) is 49.6 Å². The van der Waals surface area contributed by atoms with E-state index in [1.54, 1.807) is 30.9 Å². The number of fused-ring (bicyclic) bond motifs is 1. The zero-order valence-electron chi connectivity index (χ0n) is 32.5. The quantitative estimate of drug-likeness (QED) is 0.146. The van der Waals surface area contributed by atoms with Crippen molar-refractivity contribution in [2.45, 2.75) is 71.8 Å². The number of alkyl halides is 3. The lowest BCUT2D eigenvalue weighted by molar-refractivity contribution is -0.140. The van der Waals surface area contributed by atoms with Gasteiger partial charge < -0.3 is 24.3 Å². The van der Waals surface area contributed by atoms with Crippen LogP contribution in [-0.4, -0.2) is 71.1 Å². The summed E-state index contributed by atoms with van der Waals surface area (Å²) in [6.07, 6.45) is 0.873. The third-order valence-electron chi connectivity index (χ3n) is 10.2. The highest BCUT2D eigenvalue weighted by atomic mass is 35.5. The van der Waals surface area contributed by atoms with Crippen molar-refractivity contribution < 1.29 is 36.6 Å². The lowest BCUT2D eigenvalue weighted by Gasteiger charge is -2.31. The van der Waals surface area contributed by atoms with Gasteiger partial charge in [0.2, 0.25) is 11.7 Å². The fourth-order valence-corrected chi connectivity index (χ4v) is 7.50. The molecule has 2 aromatic carbocycles. The maximum Gasteiger partial charge on any atom is 0.419 e. The number of hydrogen-bond acceptors (Lipinski definition) is 9. The van der Waals surface area contributed by atoms with Crippen molar-refractivity contribution in [1.29, 1.82) is 0 Å². The summed E-state index contributed by atoms with van der Waals surface area (Å²) in [4.78, 5) is 57.2. The first kappa shape index (κ1) is 41.2. The molecule has 18 heteroatoms. The molecule has 0 bridgehead atoms. The van der Waals surface area contributed by atoms with E-state index in [-0.39, 0.29) is 53.9 Å². The minimum atomic E-state index is -5.00. The molecule has 3 aromatic heterocycles. The summed E-state index contributed by atoms with van der Waals surface area (Å²) in [7, 11) is 0. The minimum absolute atomic E-state index is 0.0296. The predicted octanol–water partition coefficient (Wildman–Crippen LogP) is 7.09. The molecule has 0 aliphatic carbocycles. The first-order valence-corrected chi connectivity index (χ1v) is 19.1. The average molecular weight is 835 g/mol. The molecule has 0 radical (unpaired) electrons. The summed E-state index contributed by atoms with van der Waals surface area (Å²) in [5, 5.41) is 6.42. The van der Waals surface area contributed by atoms with Gasteiger partial charge in [-0.2, -0.15) is 22.7 Å². The first-order valence-electron chi connectivity index (χ1n) is 18.7. The number of halogens is 5. The molecule has 5 heterocycles. The van der Waals surface area contributed by atoms with Crippen molar-refractivity contribution in [3.05, 3.63) is 121 Å². The molecule has 2 aliphatic rings. The zero-order chi connectivity index (χ0) is 42.2. The number of nitrogens with one attached hydrogen (secondary N) is 1. The molecular formula is C41H39ClF4N8O5. The van der Waals surface area contributed by atoms with Gasteiger partial charge in [0.15, 0.2) is 17.3 Å². The molecular weight excluding hydrogens is 796 g/mol. The third kappa shape index (κ3) is 8.48. The molecule has 13 nitrogen and oxygen atoms in total. The number of aryl methyl sites for hydroxylation is 1. The molecule has 0 spiro atoms. The summed E-state index contributed by atoms with van der Waals surface area (Å²) < 4.78 is 68.6. The maximum atomic E-state index is 14.5. The predicted molar refractivity (Wildman–Crippen MR) is 210 cm³/mol. The first-order chi connectivity index (χ1) is 28.0. The van der Waals surface area contributed by atoms with Crippen LogP contribution in [0.25, 0.3) is 17.4 Å². The van der Waals surface area contributed by atoms with E-state index in [1.165, 1.54) is 10.9 Å². The van der Waals surface area contributed by atoms with Gasteiger partial charge in [-0.1, -0.05) is 54.9 Å². The Morgan fingerprint density at radius 2 is 1.90 bits per heavy atom. The summed E-state index contributed by atoms with van der Waals surface area (Å²) in [6, 6.07) is 10.4. The van der Waals surface area contributed by atoms with Gasteiger partial charge in [-0.25, -0.2) is 14.4 Å². The van der Waals surface area contributed by atoms with Gasteiger partial charge in [-0.15, -0.1) is 5.10 Å². The largest absolute Gasteiger partial charge is 0.485 e. The number of likely N-dealkylation sites (tertiary alicyclic amines) is 1. The van der Waals surface area contributed by atoms with E-state index < -0.39 is 52.0 Å². The van der Waals surface area contributed by atoms with Crippen LogP contribution < -0.4 is 15.6 Å². The Bertz CT molecular complexity index is 2590. The SMILES string of the molecule is CCc1c(/C=C2/CN(C(=O)c3ncnc(C)c3OCc3ccccc3)C(C)(C)C2)c(=O)n2nc(C3=CCOCC3)nc2n1CC(=O)Nc1cc(F)c(C(F)(F)F)cc1Cl. The molecule has 5 aromatic rings. The van der Waals surface area contributed by atoms with Crippen molar-refractivity contribution in [1.82, 2.24) is 34.0 Å². The molecule has 7 rings (SSSR count). The van der Waals surface area contributed by atoms with E-state index >= 15 is 0 Å². The van der Waals surface area contributed by atoms with Gasteiger partial charge in [0.25, 0.3) is 11.5 Å². The normalized spacial score (nSPS) is 16.1. The highest BCUT2D eigenvalue weighted by molar-refractivity contribution is 6.33. The molecule has 2 aliphatic heterocycles. The third-order valence-corrected chi connectivity index (χ3v) is 10.5. The molecule has 0 atom stereocenters. The van der Waals surface area contributed by atoms with Crippen molar-refractivity contribution in [3.63, 3.8) is 0 Å². The van der Waals surface area contributed by atoms with Crippen LogP contribution in [-0.2, 0) is 35.3 Å². The molecule has 0 saturated carbocycles. The van der Waals surface area contributed by atoms with Gasteiger partial charge >= 0.3 is 6.18 Å². The number of carbonyl (C=O) groups is 2. The Hall–Kier alpha value is -5.94. The van der Waals surface area contributed by atoms with Gasteiger partial charge in [-0.3, -0.25) is 14.4 Å².